The molecule has 0 aromatic rings. The highest BCUT2D eigenvalue weighted by molar-refractivity contribution is 6.04. The fraction of sp³-hybridized carbons (Fsp3) is 0.727. The Labute approximate surface area is 117 Å². The van der Waals surface area contributed by atoms with E-state index in [9.17, 15) is 14.4 Å². The Balaban J connectivity index is 0.000000370. The van der Waals surface area contributed by atoms with E-state index >= 15 is 0 Å². The van der Waals surface area contributed by atoms with E-state index in [2.05, 4.69) is 10.6 Å². The van der Waals surface area contributed by atoms with Crippen LogP contribution in [0, 0.1) is 0 Å². The highest BCUT2D eigenvalue weighted by Crippen LogP contribution is 2.00. The van der Waals surface area contributed by atoms with E-state index in [1.807, 2.05) is 0 Å². The second-order valence-electron chi connectivity index (χ2n) is 4.32. The van der Waals surface area contributed by atoms with E-state index in [0.29, 0.717) is 32.4 Å². The van der Waals surface area contributed by atoms with Gasteiger partial charge in [0.25, 0.3) is 5.91 Å². The van der Waals surface area contributed by atoms with Crippen molar-refractivity contribution in [2.75, 3.05) is 13.1 Å². The van der Waals surface area contributed by atoms with Crippen LogP contribution in [-0.4, -0.2) is 48.2 Å². The summed E-state index contributed by atoms with van der Waals surface area (Å²) < 4.78 is 0. The van der Waals surface area contributed by atoms with Crippen LogP contribution >= 0.6 is 0 Å². The first-order valence-electron chi connectivity index (χ1n) is 6.42. The highest BCUT2D eigenvalue weighted by atomic mass is 16.4. The molecule has 9 heteroatoms. The SMILES string of the molecule is NCCCC1NC(=O)NC1=O.NCCC[C@@H](N)C(=O)O. The molecule has 0 aromatic heterocycles. The van der Waals surface area contributed by atoms with Crippen LogP contribution in [0.3, 0.4) is 0 Å². The summed E-state index contributed by atoms with van der Waals surface area (Å²) in [5, 5.41) is 12.9. The summed E-state index contributed by atoms with van der Waals surface area (Å²) in [6, 6.07) is -1.52. The van der Waals surface area contributed by atoms with Crippen molar-refractivity contribution < 1.29 is 19.5 Å². The number of nitrogens with one attached hydrogen (secondary N) is 2. The van der Waals surface area contributed by atoms with Crippen LogP contribution in [-0.2, 0) is 9.59 Å². The number of hydrogen-bond donors (Lipinski definition) is 6. The Hall–Kier alpha value is -1.71. The number of carboxylic acid groups (broad SMARTS) is 1. The molecule has 0 aliphatic carbocycles. The van der Waals surface area contributed by atoms with Crippen molar-refractivity contribution in [1.29, 1.82) is 0 Å². The fourth-order valence-corrected chi connectivity index (χ4v) is 1.45. The zero-order valence-electron chi connectivity index (χ0n) is 11.3. The quantitative estimate of drug-likeness (QED) is 0.296. The van der Waals surface area contributed by atoms with Crippen molar-refractivity contribution in [3.05, 3.63) is 0 Å². The number of imide groups is 1. The number of nitrogens with two attached hydrogens (primary N) is 3. The highest BCUT2D eigenvalue weighted by Gasteiger charge is 2.28. The molecule has 1 heterocycles. The number of rotatable bonds is 7. The van der Waals surface area contributed by atoms with Crippen molar-refractivity contribution in [3.63, 3.8) is 0 Å². The minimum absolute atomic E-state index is 0.247. The predicted molar refractivity (Wildman–Crippen MR) is 72.7 cm³/mol. The Kier molecular flexibility index (Phi) is 9.26. The first kappa shape index (κ1) is 18.3. The number of amides is 3. The number of urea groups is 1. The largest absolute Gasteiger partial charge is 0.480 e. The topological polar surface area (TPSA) is 174 Å². The molecule has 1 fully saturated rings. The molecular weight excluding hydrogens is 266 g/mol. The van der Waals surface area contributed by atoms with Crippen LogP contribution in [0.2, 0.25) is 0 Å². The van der Waals surface area contributed by atoms with Gasteiger partial charge in [-0.25, -0.2) is 4.79 Å². The molecule has 20 heavy (non-hydrogen) atoms. The van der Waals surface area contributed by atoms with Crippen LogP contribution in [0.1, 0.15) is 25.7 Å². The number of hydrogen-bond acceptors (Lipinski definition) is 6. The van der Waals surface area contributed by atoms with E-state index < -0.39 is 18.0 Å². The zero-order valence-corrected chi connectivity index (χ0v) is 11.3. The van der Waals surface area contributed by atoms with E-state index in [1.165, 1.54) is 0 Å². The summed E-state index contributed by atoms with van der Waals surface area (Å²) >= 11 is 0. The molecule has 1 aliphatic rings. The Morgan fingerprint density at radius 3 is 2.25 bits per heavy atom. The summed E-state index contributed by atoms with van der Waals surface area (Å²) in [7, 11) is 0. The van der Waals surface area contributed by atoms with Gasteiger partial charge in [-0.1, -0.05) is 0 Å². The first-order valence-corrected chi connectivity index (χ1v) is 6.42. The average Bonchev–Trinajstić information content (AvgIpc) is 2.72. The molecule has 1 saturated heterocycles. The van der Waals surface area contributed by atoms with Crippen molar-refractivity contribution >= 4 is 17.9 Å². The Bertz CT molecular complexity index is 337. The minimum atomic E-state index is -0.955. The first-order chi connectivity index (χ1) is 9.42. The smallest absolute Gasteiger partial charge is 0.322 e. The van der Waals surface area contributed by atoms with Gasteiger partial charge in [-0.2, -0.15) is 0 Å². The lowest BCUT2D eigenvalue weighted by Crippen LogP contribution is -2.30. The van der Waals surface area contributed by atoms with Crippen LogP contribution in [0.5, 0.6) is 0 Å². The summed E-state index contributed by atoms with van der Waals surface area (Å²) in [6.07, 6.45) is 2.51. The third-order valence-corrected chi connectivity index (χ3v) is 2.59. The van der Waals surface area contributed by atoms with Crippen molar-refractivity contribution in [3.8, 4) is 0 Å². The lowest BCUT2D eigenvalue weighted by atomic mass is 10.1. The van der Waals surface area contributed by atoms with Gasteiger partial charge in [0.15, 0.2) is 0 Å². The molecule has 1 rings (SSSR count). The molecule has 0 aromatic carbocycles. The lowest BCUT2D eigenvalue weighted by molar-refractivity contribution is -0.138. The molecule has 2 atom stereocenters. The maximum absolute atomic E-state index is 10.9. The molecule has 3 amide bonds. The van der Waals surface area contributed by atoms with Gasteiger partial charge >= 0.3 is 12.0 Å². The second-order valence-corrected chi connectivity index (χ2v) is 4.32. The second kappa shape index (κ2) is 10.1. The molecule has 116 valence electrons. The van der Waals surface area contributed by atoms with Crippen LogP contribution in [0.4, 0.5) is 4.79 Å². The van der Waals surface area contributed by atoms with Crippen LogP contribution < -0.4 is 27.8 Å². The number of aliphatic carboxylic acids is 1. The molecule has 0 radical (unpaired) electrons. The number of carbonyl (C=O) groups excluding carboxylic acids is 2. The predicted octanol–water partition coefficient (Wildman–Crippen LogP) is -1.93. The molecule has 0 bridgehead atoms. The minimum Gasteiger partial charge on any atom is -0.480 e. The molecule has 9 nitrogen and oxygen atoms in total. The van der Waals surface area contributed by atoms with Crippen LogP contribution in [0.25, 0.3) is 0 Å². The Morgan fingerprint density at radius 1 is 1.25 bits per heavy atom. The third kappa shape index (κ3) is 7.67. The molecule has 0 saturated carbocycles. The van der Waals surface area contributed by atoms with Gasteiger partial charge in [0.2, 0.25) is 0 Å². The molecule has 9 N–H and O–H groups in total. The van der Waals surface area contributed by atoms with Gasteiger partial charge in [-0.3, -0.25) is 14.9 Å². The average molecular weight is 289 g/mol. The van der Waals surface area contributed by atoms with Gasteiger partial charge in [0.1, 0.15) is 12.1 Å². The van der Waals surface area contributed by atoms with Gasteiger partial charge in [0, 0.05) is 0 Å². The lowest BCUT2D eigenvalue weighted by Gasteiger charge is -2.03. The van der Waals surface area contributed by atoms with E-state index in [0.717, 1.165) is 6.42 Å². The normalized spacial score (nSPS) is 18.6. The molecular formula is C11H23N5O4. The number of carboxylic acids is 1. The van der Waals surface area contributed by atoms with E-state index in [1.54, 1.807) is 0 Å². The molecule has 1 aliphatic heterocycles. The maximum atomic E-state index is 10.9. The zero-order chi connectivity index (χ0) is 15.5. The third-order valence-electron chi connectivity index (χ3n) is 2.59. The van der Waals surface area contributed by atoms with E-state index in [4.69, 9.17) is 22.3 Å². The summed E-state index contributed by atoms with van der Waals surface area (Å²) in [5.41, 5.74) is 15.5. The summed E-state index contributed by atoms with van der Waals surface area (Å²) in [5.74, 6) is -1.20. The van der Waals surface area contributed by atoms with Gasteiger partial charge in [0.05, 0.1) is 0 Å². The van der Waals surface area contributed by atoms with E-state index in [-0.39, 0.29) is 11.9 Å². The maximum Gasteiger partial charge on any atom is 0.322 e. The molecule has 1 unspecified atom stereocenters. The monoisotopic (exact) mass is 289 g/mol. The van der Waals surface area contributed by atoms with Gasteiger partial charge < -0.3 is 27.6 Å². The van der Waals surface area contributed by atoms with Crippen LogP contribution in [0.15, 0.2) is 0 Å². The van der Waals surface area contributed by atoms with Crippen molar-refractivity contribution in [1.82, 2.24) is 10.6 Å². The van der Waals surface area contributed by atoms with Gasteiger partial charge in [-0.05, 0) is 38.8 Å². The van der Waals surface area contributed by atoms with Crippen molar-refractivity contribution in [2.45, 2.75) is 37.8 Å². The summed E-state index contributed by atoms with van der Waals surface area (Å²) in [6.45, 7) is 1.04. The molecule has 0 spiro atoms. The fourth-order valence-electron chi connectivity index (χ4n) is 1.45. The standard InChI is InChI=1S/C6H11N3O2.C5H12N2O2/c7-3-1-2-4-5(10)9-6(11)8-4;6-3-1-2-4(7)5(8)9/h4H,1-3,7H2,(H2,8,9,10,11);4H,1-3,6-7H2,(H,8,9)/t;4-/m.1/s1. The van der Waals surface area contributed by atoms with Gasteiger partial charge in [-0.15, -0.1) is 0 Å². The number of carbonyl (C=O) groups is 3. The van der Waals surface area contributed by atoms with Crippen molar-refractivity contribution in [2.24, 2.45) is 17.2 Å². The summed E-state index contributed by atoms with van der Waals surface area (Å²) in [4.78, 5) is 31.4. The Morgan fingerprint density at radius 2 is 1.85 bits per heavy atom.